The molecule has 1 N–H and O–H groups in total. The Balaban J connectivity index is 4.07. The second kappa shape index (κ2) is 6.82. The highest BCUT2D eigenvalue weighted by atomic mass is 16.6. The minimum Gasteiger partial charge on any atom is -0.481 e. The van der Waals surface area contributed by atoms with Gasteiger partial charge in [-0.1, -0.05) is 6.08 Å². The van der Waals surface area contributed by atoms with E-state index in [-0.39, 0.29) is 13.0 Å². The number of hydrogen-bond acceptors (Lipinski definition) is 4. The maximum absolute atomic E-state index is 8.40. The zero-order valence-corrected chi connectivity index (χ0v) is 7.65. The van der Waals surface area contributed by atoms with Crippen LogP contribution >= 0.6 is 0 Å². The van der Waals surface area contributed by atoms with Gasteiger partial charge in [0.05, 0.1) is 7.11 Å². The monoisotopic (exact) mass is 173 g/mol. The van der Waals surface area contributed by atoms with E-state index in [1.807, 2.05) is 13.0 Å². The molecule has 4 nitrogen and oxygen atoms in total. The third-order valence-electron chi connectivity index (χ3n) is 1.14. The molecular weight excluding hydrogens is 158 g/mol. The largest absolute Gasteiger partial charge is 0.481 e. The molecular formula is C8H15NO3. The van der Waals surface area contributed by atoms with Crippen molar-refractivity contribution in [1.82, 2.24) is 0 Å². The summed E-state index contributed by atoms with van der Waals surface area (Å²) < 4.78 is 9.68. The van der Waals surface area contributed by atoms with Crippen molar-refractivity contribution in [2.75, 3.05) is 13.9 Å². The summed E-state index contributed by atoms with van der Waals surface area (Å²) in [6, 6.07) is 0. The lowest BCUT2D eigenvalue weighted by Gasteiger charge is -2.06. The highest BCUT2D eigenvalue weighted by Gasteiger charge is 1.98. The highest BCUT2D eigenvalue weighted by Crippen LogP contribution is 1.94. The summed E-state index contributed by atoms with van der Waals surface area (Å²) in [7, 11) is 1.53. The van der Waals surface area contributed by atoms with Gasteiger partial charge in [-0.2, -0.15) is 0 Å². The molecule has 4 heteroatoms. The molecule has 0 aromatic heterocycles. The van der Waals surface area contributed by atoms with Crippen LogP contribution in [0.3, 0.4) is 0 Å². The molecule has 0 aliphatic heterocycles. The Kier molecular flexibility index (Phi) is 6.32. The molecule has 1 atom stereocenters. The first-order valence-corrected chi connectivity index (χ1v) is 3.71. The van der Waals surface area contributed by atoms with Gasteiger partial charge in [0, 0.05) is 0 Å². The van der Waals surface area contributed by atoms with Gasteiger partial charge in [-0.3, -0.25) is 0 Å². The van der Waals surface area contributed by atoms with Crippen LogP contribution in [0.4, 0.5) is 0 Å². The number of aliphatic imine (C=N–C) groups is 1. The number of nitrogens with zero attached hydrogens (tertiary/aromatic N) is 1. The Labute approximate surface area is 72.5 Å². The number of aliphatic hydroxyl groups is 1. The van der Waals surface area contributed by atoms with Crippen LogP contribution in [0.2, 0.25) is 0 Å². The fourth-order valence-electron chi connectivity index (χ4n) is 0.631. The highest BCUT2D eigenvalue weighted by molar-refractivity contribution is 5.87. The van der Waals surface area contributed by atoms with Gasteiger partial charge in [0.1, 0.15) is 6.79 Å². The summed E-state index contributed by atoms with van der Waals surface area (Å²) in [5.41, 5.74) is 0. The van der Waals surface area contributed by atoms with Gasteiger partial charge in [0.15, 0.2) is 6.23 Å². The van der Waals surface area contributed by atoms with Gasteiger partial charge < -0.3 is 14.6 Å². The van der Waals surface area contributed by atoms with E-state index < -0.39 is 0 Å². The van der Waals surface area contributed by atoms with E-state index in [1.54, 1.807) is 13.0 Å². The first-order chi connectivity index (χ1) is 5.74. The van der Waals surface area contributed by atoms with E-state index in [0.717, 1.165) is 0 Å². The first kappa shape index (κ1) is 11.1. The number of allylic oxidation sites excluding steroid dienone is 1. The summed E-state index contributed by atoms with van der Waals surface area (Å²) in [4.78, 5) is 4.00. The van der Waals surface area contributed by atoms with Gasteiger partial charge in [0.2, 0.25) is 5.90 Å². The SMILES string of the molecule is C/C=C\C(=N/C(C)OCO)OC. The van der Waals surface area contributed by atoms with E-state index >= 15 is 0 Å². The third kappa shape index (κ3) is 4.87. The predicted molar refractivity (Wildman–Crippen MR) is 46.9 cm³/mol. The second-order valence-electron chi connectivity index (χ2n) is 2.07. The molecule has 0 aliphatic carbocycles. The zero-order chi connectivity index (χ0) is 9.40. The molecule has 0 aromatic rings. The topological polar surface area (TPSA) is 51.0 Å². The molecule has 0 heterocycles. The van der Waals surface area contributed by atoms with Gasteiger partial charge in [-0.05, 0) is 19.9 Å². The second-order valence-corrected chi connectivity index (χ2v) is 2.07. The summed E-state index contributed by atoms with van der Waals surface area (Å²) in [5, 5.41) is 8.40. The van der Waals surface area contributed by atoms with E-state index in [2.05, 4.69) is 4.99 Å². The Hall–Kier alpha value is -0.870. The normalized spacial score (nSPS) is 15.2. The predicted octanol–water partition coefficient (Wildman–Crippen LogP) is 0.920. The lowest BCUT2D eigenvalue weighted by molar-refractivity contribution is -0.0390. The number of rotatable bonds is 4. The van der Waals surface area contributed by atoms with Gasteiger partial charge in [-0.25, -0.2) is 4.99 Å². The fourth-order valence-corrected chi connectivity index (χ4v) is 0.631. The summed E-state index contributed by atoms with van der Waals surface area (Å²) in [6.07, 6.45) is 3.15. The molecule has 12 heavy (non-hydrogen) atoms. The Bertz CT molecular complexity index is 166. The Morgan fingerprint density at radius 3 is 2.75 bits per heavy atom. The van der Waals surface area contributed by atoms with E-state index in [1.165, 1.54) is 7.11 Å². The maximum Gasteiger partial charge on any atom is 0.210 e. The summed E-state index contributed by atoms with van der Waals surface area (Å²) in [5.74, 6) is 0.485. The number of aliphatic hydroxyl groups excluding tert-OH is 1. The Morgan fingerprint density at radius 1 is 1.67 bits per heavy atom. The average molecular weight is 173 g/mol. The molecule has 0 amide bonds. The molecule has 0 saturated carbocycles. The quantitative estimate of drug-likeness (QED) is 0.390. The minimum atomic E-state index is -0.388. The van der Waals surface area contributed by atoms with E-state index in [4.69, 9.17) is 14.6 Å². The van der Waals surface area contributed by atoms with Crippen LogP contribution < -0.4 is 0 Å². The number of hydrogen-bond donors (Lipinski definition) is 1. The number of ether oxygens (including phenoxy) is 2. The smallest absolute Gasteiger partial charge is 0.210 e. The molecule has 0 aliphatic rings. The van der Waals surface area contributed by atoms with Crippen LogP contribution in [0, 0.1) is 0 Å². The van der Waals surface area contributed by atoms with Crippen LogP contribution in [0.25, 0.3) is 0 Å². The van der Waals surface area contributed by atoms with Crippen LogP contribution in [-0.4, -0.2) is 31.1 Å². The molecule has 70 valence electrons. The van der Waals surface area contributed by atoms with Gasteiger partial charge >= 0.3 is 0 Å². The molecule has 0 spiro atoms. The van der Waals surface area contributed by atoms with Crippen molar-refractivity contribution in [3.8, 4) is 0 Å². The van der Waals surface area contributed by atoms with Crippen LogP contribution in [0.5, 0.6) is 0 Å². The van der Waals surface area contributed by atoms with E-state index in [9.17, 15) is 0 Å². The van der Waals surface area contributed by atoms with Crippen molar-refractivity contribution in [2.24, 2.45) is 4.99 Å². The van der Waals surface area contributed by atoms with Gasteiger partial charge in [0.25, 0.3) is 0 Å². The standard InChI is InChI=1S/C8H15NO3/c1-4-5-8(11-3)9-7(2)12-6-10/h4-5,7,10H,6H2,1-3H3/b5-4-,9-8+. The van der Waals surface area contributed by atoms with Crippen molar-refractivity contribution in [3.63, 3.8) is 0 Å². The molecule has 0 saturated heterocycles. The van der Waals surface area contributed by atoms with Gasteiger partial charge in [-0.15, -0.1) is 0 Å². The molecule has 1 unspecified atom stereocenters. The van der Waals surface area contributed by atoms with Crippen molar-refractivity contribution in [3.05, 3.63) is 12.2 Å². The maximum atomic E-state index is 8.40. The number of methoxy groups -OCH3 is 1. The molecule has 0 radical (unpaired) electrons. The molecule has 0 aromatic carbocycles. The van der Waals surface area contributed by atoms with Crippen LogP contribution in [0.15, 0.2) is 17.1 Å². The lowest BCUT2D eigenvalue weighted by Crippen LogP contribution is -2.10. The molecule has 0 rings (SSSR count). The van der Waals surface area contributed by atoms with Crippen molar-refractivity contribution < 1.29 is 14.6 Å². The van der Waals surface area contributed by atoms with Crippen molar-refractivity contribution in [2.45, 2.75) is 20.1 Å². The first-order valence-electron chi connectivity index (χ1n) is 3.71. The molecule has 0 fully saturated rings. The zero-order valence-electron chi connectivity index (χ0n) is 7.65. The van der Waals surface area contributed by atoms with Crippen LogP contribution in [-0.2, 0) is 9.47 Å². The third-order valence-corrected chi connectivity index (χ3v) is 1.14. The summed E-state index contributed by atoms with van der Waals surface area (Å²) in [6.45, 7) is 3.25. The summed E-state index contributed by atoms with van der Waals surface area (Å²) >= 11 is 0. The fraction of sp³-hybridized carbons (Fsp3) is 0.625. The van der Waals surface area contributed by atoms with Crippen molar-refractivity contribution in [1.29, 1.82) is 0 Å². The minimum absolute atomic E-state index is 0.336. The van der Waals surface area contributed by atoms with Crippen molar-refractivity contribution >= 4 is 5.90 Å². The molecule has 0 bridgehead atoms. The van der Waals surface area contributed by atoms with E-state index in [0.29, 0.717) is 5.90 Å². The lowest BCUT2D eigenvalue weighted by atomic mass is 10.5. The van der Waals surface area contributed by atoms with Crippen LogP contribution in [0.1, 0.15) is 13.8 Å². The Morgan fingerprint density at radius 2 is 2.33 bits per heavy atom. The average Bonchev–Trinajstić information content (AvgIpc) is 2.04.